The molecule has 0 atom stereocenters. The molecule has 3 heterocycles. The molecule has 10 rings (SSSR count). The van der Waals surface area contributed by atoms with E-state index in [1.165, 1.54) is 72.2 Å². The smallest absolute Gasteiger partial charge is 0.146 e. The summed E-state index contributed by atoms with van der Waals surface area (Å²) >= 11 is 0. The van der Waals surface area contributed by atoms with E-state index in [-0.39, 0.29) is 0 Å². The monoisotopic (exact) mass is 722 g/mol. The Hall–Kier alpha value is -6.55. The summed E-state index contributed by atoms with van der Waals surface area (Å²) in [7, 11) is 0. The zero-order valence-electron chi connectivity index (χ0n) is 32.0. The standard InChI is InChI=1S/C53H44N3/c1-3-30-56(31-4-2)52-35-40(39-26-29-51-47(32-39)44-22-14-15-23-50(44)55(51)43-20-12-7-13-21-43)24-27-45(52)46-28-25-41(36-53(46)56)49-34-42(37-16-8-5-9-17-37)33-48(54-49)38-18-10-6-11-19-38/h5-29,32-36H,3-4,30-31H2,1-2H3/q+1. The number of pyridine rings is 1. The van der Waals surface area contributed by atoms with Crippen molar-refractivity contribution in [1.29, 1.82) is 0 Å². The quantitative estimate of drug-likeness (QED) is 0.136. The van der Waals surface area contributed by atoms with Crippen LogP contribution in [-0.4, -0.2) is 22.6 Å². The second-order valence-electron chi connectivity index (χ2n) is 15.2. The maximum Gasteiger partial charge on any atom is 0.146 e. The predicted molar refractivity (Wildman–Crippen MR) is 238 cm³/mol. The topological polar surface area (TPSA) is 17.8 Å². The Labute approximate surface area is 329 Å². The number of benzene rings is 7. The van der Waals surface area contributed by atoms with Gasteiger partial charge in [-0.25, -0.2) is 4.98 Å². The molecule has 3 nitrogen and oxygen atoms in total. The molecule has 0 saturated heterocycles. The maximum absolute atomic E-state index is 5.33. The summed E-state index contributed by atoms with van der Waals surface area (Å²) in [5, 5.41) is 2.55. The van der Waals surface area contributed by atoms with Gasteiger partial charge in [-0.05, 0) is 89.7 Å². The summed E-state index contributed by atoms with van der Waals surface area (Å²) in [5.41, 5.74) is 18.2. The third-order valence-electron chi connectivity index (χ3n) is 11.7. The van der Waals surface area contributed by atoms with E-state index in [1.54, 1.807) is 0 Å². The normalized spacial score (nSPS) is 12.9. The van der Waals surface area contributed by atoms with Crippen LogP contribution in [0.3, 0.4) is 0 Å². The highest BCUT2D eigenvalue weighted by Crippen LogP contribution is 2.55. The minimum Gasteiger partial charge on any atom is -0.309 e. The van der Waals surface area contributed by atoms with E-state index in [0.29, 0.717) is 0 Å². The van der Waals surface area contributed by atoms with Crippen molar-refractivity contribution >= 4 is 33.2 Å². The number of aromatic nitrogens is 2. The Morgan fingerprint density at radius 1 is 0.411 bits per heavy atom. The first kappa shape index (κ1) is 34.0. The van der Waals surface area contributed by atoms with Crippen LogP contribution in [0.5, 0.6) is 0 Å². The van der Waals surface area contributed by atoms with Crippen LogP contribution in [0.15, 0.2) is 182 Å². The van der Waals surface area contributed by atoms with Crippen LogP contribution >= 0.6 is 0 Å². The van der Waals surface area contributed by atoms with Gasteiger partial charge >= 0.3 is 0 Å². The Morgan fingerprint density at radius 3 is 1.61 bits per heavy atom. The summed E-state index contributed by atoms with van der Waals surface area (Å²) in [6, 6.07) is 66.6. The van der Waals surface area contributed by atoms with Gasteiger partial charge in [0.05, 0.1) is 35.5 Å². The second kappa shape index (κ2) is 13.9. The van der Waals surface area contributed by atoms with Crippen molar-refractivity contribution in [1.82, 2.24) is 14.0 Å². The fourth-order valence-corrected chi connectivity index (χ4v) is 9.29. The Bertz CT molecular complexity index is 2810. The molecule has 0 bridgehead atoms. The number of hydrogen-bond acceptors (Lipinski definition) is 1. The van der Waals surface area contributed by atoms with E-state index in [0.717, 1.165) is 52.9 Å². The van der Waals surface area contributed by atoms with Crippen molar-refractivity contribution in [2.45, 2.75) is 26.7 Å². The molecule has 56 heavy (non-hydrogen) atoms. The van der Waals surface area contributed by atoms with Gasteiger partial charge in [-0.2, -0.15) is 0 Å². The third kappa shape index (κ3) is 5.58. The SMILES string of the molecule is CCC[N+]1(CCC)c2cc(-c3ccc4c(c3)c3ccccc3n4-c3ccccc3)ccc2-c2ccc(-c3cc(-c4ccccc4)cc(-c4ccccc4)n3)cc21. The van der Waals surface area contributed by atoms with E-state index in [4.69, 9.17) is 4.98 Å². The van der Waals surface area contributed by atoms with Gasteiger partial charge in [-0.15, -0.1) is 0 Å². The Balaban J connectivity index is 1.11. The number of hydrogen-bond donors (Lipinski definition) is 0. The van der Waals surface area contributed by atoms with Crippen molar-refractivity contribution in [2.75, 3.05) is 13.1 Å². The van der Waals surface area contributed by atoms with Crippen LogP contribution in [0.25, 0.3) is 83.4 Å². The van der Waals surface area contributed by atoms with Crippen molar-refractivity contribution < 1.29 is 0 Å². The molecule has 0 unspecified atom stereocenters. The van der Waals surface area contributed by atoms with Gasteiger partial charge in [0.25, 0.3) is 0 Å². The molecule has 7 aromatic carbocycles. The molecule has 0 spiro atoms. The molecule has 1 aliphatic rings. The minimum atomic E-state index is 0.846. The van der Waals surface area contributed by atoms with Crippen LogP contribution in [0.2, 0.25) is 0 Å². The lowest BCUT2D eigenvalue weighted by Crippen LogP contribution is -2.44. The number of rotatable bonds is 9. The maximum atomic E-state index is 5.33. The Kier molecular flexibility index (Phi) is 8.46. The van der Waals surface area contributed by atoms with Gasteiger partial charge in [-0.1, -0.05) is 129 Å². The van der Waals surface area contributed by atoms with E-state index in [2.05, 4.69) is 200 Å². The molecule has 270 valence electrons. The lowest BCUT2D eigenvalue weighted by molar-refractivity contribution is 0.388. The average molecular weight is 723 g/mol. The summed E-state index contributed by atoms with van der Waals surface area (Å²) in [6.45, 7) is 6.73. The highest BCUT2D eigenvalue weighted by molar-refractivity contribution is 6.10. The molecular formula is C53H44N3+. The summed E-state index contributed by atoms with van der Waals surface area (Å²) < 4.78 is 3.24. The van der Waals surface area contributed by atoms with Crippen molar-refractivity contribution in [3.05, 3.63) is 182 Å². The van der Waals surface area contributed by atoms with Crippen LogP contribution < -0.4 is 4.48 Å². The van der Waals surface area contributed by atoms with Crippen LogP contribution in [0, 0.1) is 0 Å². The van der Waals surface area contributed by atoms with E-state index in [1.807, 2.05) is 0 Å². The molecule has 0 aliphatic carbocycles. The molecule has 0 radical (unpaired) electrons. The molecular weight excluding hydrogens is 679 g/mol. The third-order valence-corrected chi connectivity index (χ3v) is 11.7. The lowest BCUT2D eigenvalue weighted by atomic mass is 9.97. The molecule has 1 aliphatic heterocycles. The van der Waals surface area contributed by atoms with Crippen molar-refractivity contribution in [3.8, 4) is 61.6 Å². The molecule has 0 amide bonds. The summed E-state index contributed by atoms with van der Waals surface area (Å²) in [6.07, 6.45) is 2.16. The van der Waals surface area contributed by atoms with E-state index in [9.17, 15) is 0 Å². The van der Waals surface area contributed by atoms with Crippen LogP contribution in [0.4, 0.5) is 11.4 Å². The highest BCUT2D eigenvalue weighted by atomic mass is 15.4. The lowest BCUT2D eigenvalue weighted by Gasteiger charge is -2.35. The van der Waals surface area contributed by atoms with Gasteiger partial charge in [0, 0.05) is 50.8 Å². The fraction of sp³-hybridized carbons (Fsp3) is 0.113. The first-order chi connectivity index (χ1) is 27.6. The van der Waals surface area contributed by atoms with Gasteiger partial charge < -0.3 is 4.57 Å². The van der Waals surface area contributed by atoms with Gasteiger partial charge in [0.1, 0.15) is 11.4 Å². The van der Waals surface area contributed by atoms with E-state index < -0.39 is 0 Å². The molecule has 0 fully saturated rings. The minimum absolute atomic E-state index is 0.846. The predicted octanol–water partition coefficient (Wildman–Crippen LogP) is 14.3. The van der Waals surface area contributed by atoms with Crippen molar-refractivity contribution in [3.63, 3.8) is 0 Å². The summed E-state index contributed by atoms with van der Waals surface area (Å²) in [4.78, 5) is 5.33. The van der Waals surface area contributed by atoms with E-state index >= 15 is 0 Å². The van der Waals surface area contributed by atoms with Crippen LogP contribution in [-0.2, 0) is 0 Å². The molecule has 0 N–H and O–H groups in total. The number of nitrogens with zero attached hydrogens (tertiary/aromatic N) is 3. The van der Waals surface area contributed by atoms with Gasteiger partial charge in [0.2, 0.25) is 0 Å². The Morgan fingerprint density at radius 2 is 0.929 bits per heavy atom. The zero-order chi connectivity index (χ0) is 37.6. The summed E-state index contributed by atoms with van der Waals surface area (Å²) in [5.74, 6) is 0. The number of fused-ring (bicyclic) bond motifs is 6. The first-order valence-corrected chi connectivity index (χ1v) is 20.0. The van der Waals surface area contributed by atoms with Crippen molar-refractivity contribution in [2.24, 2.45) is 0 Å². The molecule has 3 heteroatoms. The zero-order valence-corrected chi connectivity index (χ0v) is 32.0. The average Bonchev–Trinajstić information content (AvgIpc) is 3.73. The second-order valence-corrected chi connectivity index (χ2v) is 15.2. The number of quaternary nitrogens is 1. The molecule has 9 aromatic rings. The van der Waals surface area contributed by atoms with Gasteiger partial charge in [-0.3, -0.25) is 4.48 Å². The van der Waals surface area contributed by atoms with Crippen LogP contribution in [0.1, 0.15) is 26.7 Å². The highest BCUT2D eigenvalue weighted by Gasteiger charge is 2.43. The fourth-order valence-electron chi connectivity index (χ4n) is 9.29. The largest absolute Gasteiger partial charge is 0.309 e. The molecule has 2 aromatic heterocycles. The molecule has 0 saturated carbocycles. The van der Waals surface area contributed by atoms with Gasteiger partial charge in [0.15, 0.2) is 0 Å². The number of para-hydroxylation sites is 2. The first-order valence-electron chi connectivity index (χ1n) is 20.0.